The number of carboxylic acid groups (broad SMARTS) is 3. The SMILES string of the molecule is O=C(O)C1=C/C(=C/C=[N+]2c3cc(O)c(O[C@@H]4O[C@H](COS(=O)(=O)O)[C@@H](O)[C@H](O)[C@H]4O)cc3C[C@H]2C(=O)O)C[C@@H](C(=O)O)N1. The Morgan fingerprint density at radius 3 is 2.35 bits per heavy atom. The number of phenolic OH excluding ortho intramolecular Hbond substituents is 1. The van der Waals surface area contributed by atoms with Crippen molar-refractivity contribution in [3.63, 3.8) is 0 Å². The first-order valence-electron chi connectivity index (χ1n) is 12.4. The molecule has 0 radical (unpaired) electrons. The van der Waals surface area contributed by atoms with Crippen LogP contribution in [0, 0.1) is 0 Å². The molecule has 1 fully saturated rings. The molecule has 0 spiro atoms. The van der Waals surface area contributed by atoms with E-state index in [9.17, 15) is 58.5 Å². The molecule has 1 aromatic carbocycles. The second kappa shape index (κ2) is 12.2. The Morgan fingerprint density at radius 1 is 1.05 bits per heavy atom. The lowest BCUT2D eigenvalue weighted by atomic mass is 9.99. The predicted molar refractivity (Wildman–Crippen MR) is 137 cm³/mol. The van der Waals surface area contributed by atoms with E-state index in [1.165, 1.54) is 29.0 Å². The molecule has 3 heterocycles. The van der Waals surface area contributed by atoms with Crippen molar-refractivity contribution in [3.8, 4) is 11.5 Å². The van der Waals surface area contributed by atoms with Crippen molar-refractivity contribution in [2.24, 2.45) is 0 Å². The van der Waals surface area contributed by atoms with E-state index in [0.717, 1.165) is 6.07 Å². The number of nitrogens with zero attached hydrogens (tertiary/aromatic N) is 1. The van der Waals surface area contributed by atoms with Gasteiger partial charge in [-0.05, 0) is 17.7 Å². The van der Waals surface area contributed by atoms with Gasteiger partial charge in [-0.25, -0.2) is 18.6 Å². The number of aliphatic carboxylic acids is 3. The fourth-order valence-electron chi connectivity index (χ4n) is 4.72. The minimum absolute atomic E-state index is 0.111. The summed E-state index contributed by atoms with van der Waals surface area (Å²) in [6.45, 7) is -0.965. The summed E-state index contributed by atoms with van der Waals surface area (Å²) < 4.78 is 46.7. The Bertz CT molecular complexity index is 1520. The average Bonchev–Trinajstić information content (AvgIpc) is 3.28. The second-order valence-electron chi connectivity index (χ2n) is 9.75. The number of fused-ring (bicyclic) bond motifs is 1. The fourth-order valence-corrected chi connectivity index (χ4v) is 5.02. The molecule has 3 aliphatic rings. The maximum absolute atomic E-state index is 12.0. The van der Waals surface area contributed by atoms with Crippen molar-refractivity contribution in [2.45, 2.75) is 55.6 Å². The summed E-state index contributed by atoms with van der Waals surface area (Å²) in [7, 11) is -4.94. The Kier molecular flexibility index (Phi) is 9.06. The van der Waals surface area contributed by atoms with Crippen molar-refractivity contribution in [3.05, 3.63) is 41.1 Å². The summed E-state index contributed by atoms with van der Waals surface area (Å²) in [5.74, 6) is -4.89. The number of aliphatic hydroxyl groups excluding tert-OH is 3. The molecule has 19 heteroatoms. The van der Waals surface area contributed by atoms with Crippen molar-refractivity contribution in [2.75, 3.05) is 6.61 Å². The highest BCUT2D eigenvalue weighted by molar-refractivity contribution is 7.80. The van der Waals surface area contributed by atoms with Gasteiger partial charge in [0, 0.05) is 18.1 Å². The Morgan fingerprint density at radius 2 is 1.74 bits per heavy atom. The first kappa shape index (κ1) is 31.8. The van der Waals surface area contributed by atoms with Gasteiger partial charge in [-0.15, -0.1) is 0 Å². The molecule has 0 bridgehead atoms. The van der Waals surface area contributed by atoms with Crippen LogP contribution >= 0.6 is 0 Å². The number of rotatable bonds is 9. The highest BCUT2D eigenvalue weighted by Gasteiger charge is 2.46. The van der Waals surface area contributed by atoms with Crippen LogP contribution in [0.4, 0.5) is 5.69 Å². The molecule has 4 rings (SSSR count). The molecule has 18 nitrogen and oxygen atoms in total. The Balaban J connectivity index is 1.63. The number of allylic oxidation sites excluding steroid dienone is 2. The maximum Gasteiger partial charge on any atom is 0.397 e. The quantitative estimate of drug-likeness (QED) is 0.100. The summed E-state index contributed by atoms with van der Waals surface area (Å²) in [6, 6.07) is -0.0939. The maximum atomic E-state index is 12.0. The third kappa shape index (κ3) is 7.10. The third-order valence-corrected chi connectivity index (χ3v) is 7.28. The zero-order valence-corrected chi connectivity index (χ0v) is 22.6. The number of hydrogen-bond donors (Lipinski definition) is 9. The second-order valence-corrected chi connectivity index (χ2v) is 10.8. The van der Waals surface area contributed by atoms with Crippen LogP contribution in [-0.2, 0) is 40.1 Å². The van der Waals surface area contributed by atoms with Gasteiger partial charge in [0.2, 0.25) is 12.0 Å². The van der Waals surface area contributed by atoms with Crippen molar-refractivity contribution in [1.29, 1.82) is 0 Å². The van der Waals surface area contributed by atoms with Crippen LogP contribution in [0.1, 0.15) is 12.0 Å². The zero-order valence-electron chi connectivity index (χ0n) is 21.7. The molecule has 43 heavy (non-hydrogen) atoms. The lowest BCUT2D eigenvalue weighted by Gasteiger charge is -2.39. The lowest BCUT2D eigenvalue weighted by molar-refractivity contribution is -0.456. The highest BCUT2D eigenvalue weighted by atomic mass is 32.3. The minimum Gasteiger partial charge on any atom is -0.504 e. The molecule has 3 aliphatic heterocycles. The molecule has 9 N–H and O–H groups in total. The van der Waals surface area contributed by atoms with E-state index < -0.39 is 83.5 Å². The fraction of sp³-hybridized carbons (Fsp3) is 0.417. The summed E-state index contributed by atoms with van der Waals surface area (Å²) >= 11 is 0. The minimum atomic E-state index is -4.94. The molecule has 0 unspecified atom stereocenters. The number of aromatic hydroxyl groups is 1. The van der Waals surface area contributed by atoms with Crippen molar-refractivity contribution < 1.29 is 81.3 Å². The van der Waals surface area contributed by atoms with Gasteiger partial charge in [-0.1, -0.05) is 0 Å². The molecular formula is C24H27N2O16S+. The van der Waals surface area contributed by atoms with Crippen molar-refractivity contribution in [1.82, 2.24) is 5.32 Å². The molecule has 0 aliphatic carbocycles. The number of aliphatic hydroxyl groups is 3. The van der Waals surface area contributed by atoms with Gasteiger partial charge in [0.25, 0.3) is 6.04 Å². The van der Waals surface area contributed by atoms with E-state index in [-0.39, 0.29) is 35.5 Å². The highest BCUT2D eigenvalue weighted by Crippen LogP contribution is 2.40. The number of carbonyl (C=O) groups is 3. The lowest BCUT2D eigenvalue weighted by Crippen LogP contribution is -2.60. The molecular weight excluding hydrogens is 604 g/mol. The molecule has 0 amide bonds. The van der Waals surface area contributed by atoms with Crippen LogP contribution in [-0.4, -0.2) is 127 Å². The monoisotopic (exact) mass is 631 g/mol. The zero-order chi connectivity index (χ0) is 31.8. The van der Waals surface area contributed by atoms with Crippen LogP contribution in [0.3, 0.4) is 0 Å². The first-order chi connectivity index (χ1) is 20.1. The summed E-state index contributed by atoms with van der Waals surface area (Å²) in [4.78, 5) is 34.9. The van der Waals surface area contributed by atoms with Gasteiger partial charge in [0.1, 0.15) is 36.2 Å². The number of carboxylic acids is 3. The largest absolute Gasteiger partial charge is 0.504 e. The van der Waals surface area contributed by atoms with Gasteiger partial charge in [0.15, 0.2) is 17.7 Å². The molecule has 1 aromatic rings. The van der Waals surface area contributed by atoms with Crippen LogP contribution in [0.15, 0.2) is 35.6 Å². The van der Waals surface area contributed by atoms with E-state index >= 15 is 0 Å². The Hall–Kier alpha value is -4.11. The van der Waals surface area contributed by atoms with E-state index in [0.29, 0.717) is 5.56 Å². The van der Waals surface area contributed by atoms with E-state index in [4.69, 9.17) is 14.0 Å². The van der Waals surface area contributed by atoms with Crippen molar-refractivity contribution >= 4 is 40.2 Å². The normalized spacial score (nSPS) is 30.8. The summed E-state index contributed by atoms with van der Waals surface area (Å²) in [5.41, 5.74) is 0.413. The third-order valence-electron chi connectivity index (χ3n) is 6.84. The Labute approximate surface area is 241 Å². The average molecular weight is 632 g/mol. The van der Waals surface area contributed by atoms with Gasteiger partial charge < -0.3 is 50.5 Å². The number of hydrogen-bond acceptors (Lipinski definition) is 13. The van der Waals surface area contributed by atoms with E-state index in [2.05, 4.69) is 9.50 Å². The molecule has 1 saturated heterocycles. The molecule has 7 atom stereocenters. The van der Waals surface area contributed by atoms with Gasteiger partial charge >= 0.3 is 28.3 Å². The van der Waals surface area contributed by atoms with Gasteiger partial charge in [0.05, 0.1) is 19.1 Å². The molecule has 234 valence electrons. The van der Waals surface area contributed by atoms with E-state index in [1.807, 2.05) is 0 Å². The summed E-state index contributed by atoms with van der Waals surface area (Å²) in [6.07, 6.45) is -5.48. The van der Waals surface area contributed by atoms with Crippen LogP contribution < -0.4 is 10.1 Å². The standard InChI is InChI=1S/C24H26N2O16S/c27-15-7-13-10(6-16(15)41-24-20(30)19(29)18(28)17(42-24)8-40-43(37,38)39)5-14(23(35)36)26(13)2-1-9-3-11(21(31)32)25-12(4-9)22(33)34/h1-3,6-7,12,14,17-20,24,28-30H,4-5,8H2,(H5,27,31,32,33,34,35,36,37,38,39)/p+1/t12-,14-,17+,18+,19-,20+,24+/m0/s1. The number of nitrogens with one attached hydrogen (secondary N) is 1. The number of benzene rings is 1. The summed E-state index contributed by atoms with van der Waals surface area (Å²) in [5, 5.41) is 72.1. The topological polar surface area (TPSA) is 290 Å². The number of ether oxygens (including phenoxy) is 2. The van der Waals surface area contributed by atoms with Gasteiger partial charge in [-0.3, -0.25) is 4.55 Å². The van der Waals surface area contributed by atoms with E-state index in [1.54, 1.807) is 0 Å². The predicted octanol–water partition coefficient (Wildman–Crippen LogP) is -2.54. The molecule has 0 saturated carbocycles. The van der Waals surface area contributed by atoms with Crippen LogP contribution in [0.5, 0.6) is 11.5 Å². The van der Waals surface area contributed by atoms with Crippen LogP contribution in [0.2, 0.25) is 0 Å². The van der Waals surface area contributed by atoms with Gasteiger partial charge in [-0.2, -0.15) is 13.0 Å². The smallest absolute Gasteiger partial charge is 0.397 e. The first-order valence-corrected chi connectivity index (χ1v) is 13.8. The molecule has 0 aromatic heterocycles. The van der Waals surface area contributed by atoms with Crippen LogP contribution in [0.25, 0.3) is 0 Å². The number of phenols is 1.